The Morgan fingerprint density at radius 2 is 1.94 bits per heavy atom. The molecule has 10 heteroatoms. The molecule has 3 atom stereocenters. The molecule has 0 fully saturated rings. The Morgan fingerprint density at radius 1 is 1.14 bits per heavy atom. The largest absolute Gasteiger partial charge is 0.434 e. The highest BCUT2D eigenvalue weighted by Gasteiger charge is 2.42. The van der Waals surface area contributed by atoms with E-state index in [1.165, 1.54) is 25.1 Å². The summed E-state index contributed by atoms with van der Waals surface area (Å²) in [4.78, 5) is 34.8. The van der Waals surface area contributed by atoms with Crippen LogP contribution in [-0.2, 0) is 0 Å². The summed E-state index contributed by atoms with van der Waals surface area (Å²) in [6.07, 6.45) is -0.831. The molecule has 2 N–H and O–H groups in total. The maximum Gasteiger partial charge on any atom is 0.387 e. The number of para-hydroxylation sites is 2. The van der Waals surface area contributed by atoms with Gasteiger partial charge in [0.15, 0.2) is 0 Å². The zero-order valence-electron chi connectivity index (χ0n) is 19.0. The number of alkyl halides is 2. The lowest BCUT2D eigenvalue weighted by Crippen LogP contribution is -2.28. The van der Waals surface area contributed by atoms with Gasteiger partial charge in [0, 0.05) is 16.7 Å². The predicted octanol–water partition coefficient (Wildman–Crippen LogP) is 4.04. The monoisotopic (exact) mass is 490 g/mol. The number of amides is 1. The van der Waals surface area contributed by atoms with Crippen molar-refractivity contribution in [3.63, 3.8) is 0 Å². The van der Waals surface area contributed by atoms with E-state index in [1.54, 1.807) is 12.1 Å². The molecule has 1 unspecified atom stereocenters. The fraction of sp³-hybridized carbons (Fsp3) is 0.231. The van der Waals surface area contributed by atoms with Crippen molar-refractivity contribution in [2.24, 2.45) is 0 Å². The number of rotatable bonds is 5. The van der Waals surface area contributed by atoms with Gasteiger partial charge in [-0.25, -0.2) is 9.97 Å². The Labute approximate surface area is 203 Å². The number of hydrogen-bond acceptors (Lipinski definition) is 6. The van der Waals surface area contributed by atoms with Gasteiger partial charge in [-0.2, -0.15) is 8.78 Å². The van der Waals surface area contributed by atoms with Gasteiger partial charge >= 0.3 is 6.61 Å². The van der Waals surface area contributed by atoms with Crippen molar-refractivity contribution in [2.75, 3.05) is 0 Å². The molecule has 0 saturated carbocycles. The molecule has 2 bridgehead atoms. The molecule has 1 amide bonds. The first kappa shape index (κ1) is 22.3. The van der Waals surface area contributed by atoms with Gasteiger partial charge in [0.1, 0.15) is 23.4 Å². The summed E-state index contributed by atoms with van der Waals surface area (Å²) in [6.45, 7) is -1.80. The van der Waals surface area contributed by atoms with Crippen molar-refractivity contribution in [1.29, 1.82) is 0 Å². The second kappa shape index (κ2) is 8.20. The van der Waals surface area contributed by atoms with Crippen LogP contribution in [0.5, 0.6) is 5.75 Å². The van der Waals surface area contributed by atoms with Crippen molar-refractivity contribution in [3.05, 3.63) is 77.2 Å². The normalized spacial score (nSPS) is 19.0. The van der Waals surface area contributed by atoms with Crippen LogP contribution in [0, 0.1) is 0 Å². The summed E-state index contributed by atoms with van der Waals surface area (Å²) in [7, 11) is 0. The molecule has 0 spiro atoms. The Kier molecular flexibility index (Phi) is 5.08. The number of nitrogens with one attached hydrogen (secondary N) is 1. The maximum absolute atomic E-state index is 13.5. The Hall–Kier alpha value is -4.18. The molecule has 6 rings (SSSR count). The van der Waals surface area contributed by atoms with Crippen LogP contribution in [0.15, 0.2) is 54.6 Å². The smallest absolute Gasteiger partial charge is 0.387 e. The van der Waals surface area contributed by atoms with E-state index in [9.17, 15) is 23.5 Å². The third-order valence-corrected chi connectivity index (χ3v) is 6.65. The van der Waals surface area contributed by atoms with E-state index in [4.69, 9.17) is 9.72 Å². The first-order chi connectivity index (χ1) is 17.3. The summed E-state index contributed by atoms with van der Waals surface area (Å²) < 4.78 is 33.9. The summed E-state index contributed by atoms with van der Waals surface area (Å²) in [5, 5.41) is 12.8. The van der Waals surface area contributed by atoms with Crippen LogP contribution in [0.1, 0.15) is 57.7 Å². The van der Waals surface area contributed by atoms with Crippen molar-refractivity contribution in [2.45, 2.75) is 38.1 Å². The van der Waals surface area contributed by atoms with Crippen LogP contribution in [0.4, 0.5) is 8.78 Å². The molecule has 0 aliphatic carbocycles. The van der Waals surface area contributed by atoms with E-state index >= 15 is 0 Å². The number of benzene rings is 2. The van der Waals surface area contributed by atoms with Crippen molar-refractivity contribution < 1.29 is 28.2 Å². The van der Waals surface area contributed by atoms with Crippen LogP contribution >= 0.6 is 0 Å². The molecule has 2 aromatic carbocycles. The number of Topliss-reactive ketones (excluding diaryl/α,β-unsaturated/α-hetero) is 1. The molecule has 182 valence electrons. The first-order valence-corrected chi connectivity index (χ1v) is 11.4. The van der Waals surface area contributed by atoms with E-state index in [0.29, 0.717) is 23.4 Å². The number of imidazole rings is 1. The van der Waals surface area contributed by atoms with Crippen molar-refractivity contribution >= 4 is 22.7 Å². The minimum absolute atomic E-state index is 0.0285. The number of aromatic nitrogens is 3. The van der Waals surface area contributed by atoms with Crippen LogP contribution < -0.4 is 10.1 Å². The van der Waals surface area contributed by atoms with Gasteiger partial charge in [0.25, 0.3) is 5.91 Å². The minimum atomic E-state index is -3.12. The number of pyridine rings is 1. The molecule has 0 saturated heterocycles. The third-order valence-electron chi connectivity index (χ3n) is 6.65. The standard InChI is InChI=1S/C26H20F2N4O4/c1-12(33)23(34)16-7-4-6-15(29-16)22-20(36-26(27)28)10-9-13-21(22)19-11-17(31-25(13)35)24-30-14-5-2-3-8-18(14)32(19)24/h2-10,12,17,19,26,33H,11H2,1H3,(H,31,35)/t12?,17-,19-/m1/s1. The second-order valence-electron chi connectivity index (χ2n) is 8.83. The molecule has 0 radical (unpaired) electrons. The number of hydrogen-bond donors (Lipinski definition) is 2. The van der Waals surface area contributed by atoms with Gasteiger partial charge < -0.3 is 19.7 Å². The van der Waals surface area contributed by atoms with Gasteiger partial charge in [0.05, 0.1) is 28.8 Å². The fourth-order valence-electron chi connectivity index (χ4n) is 5.20. The number of ether oxygens (including phenoxy) is 1. The topological polar surface area (TPSA) is 106 Å². The Morgan fingerprint density at radius 3 is 2.72 bits per heavy atom. The van der Waals surface area contributed by atoms with Crippen molar-refractivity contribution in [1.82, 2.24) is 19.9 Å². The van der Waals surface area contributed by atoms with Crippen LogP contribution in [0.25, 0.3) is 22.3 Å². The lowest BCUT2D eigenvalue weighted by Gasteiger charge is -2.23. The molecule has 36 heavy (non-hydrogen) atoms. The molecule has 4 heterocycles. The highest BCUT2D eigenvalue weighted by molar-refractivity contribution is 6.01. The molecular weight excluding hydrogens is 470 g/mol. The number of carbonyl (C=O) groups excluding carboxylic acids is 2. The number of nitrogens with zero attached hydrogens (tertiary/aromatic N) is 3. The highest BCUT2D eigenvalue weighted by Crippen LogP contribution is 2.49. The number of halogens is 2. The molecule has 2 aliphatic rings. The SMILES string of the molecule is CC(O)C(=O)c1cccc(-c2c(OC(F)F)ccc3c2[C@H]2C[C@@H](NC3=O)c3nc4ccccc4n32)n1. The number of ketones is 1. The lowest BCUT2D eigenvalue weighted by atomic mass is 9.90. The molecular formula is C26H20F2N4O4. The number of aliphatic hydroxyl groups is 1. The average molecular weight is 490 g/mol. The summed E-state index contributed by atoms with van der Waals surface area (Å²) in [6, 6.07) is 14.1. The zero-order valence-corrected chi connectivity index (χ0v) is 19.0. The van der Waals surface area contributed by atoms with E-state index in [1.807, 2.05) is 28.8 Å². The maximum atomic E-state index is 13.5. The van der Waals surface area contributed by atoms with Crippen molar-refractivity contribution in [3.8, 4) is 17.0 Å². The third kappa shape index (κ3) is 3.36. The summed E-state index contributed by atoms with van der Waals surface area (Å²) in [5.74, 6) is -0.465. The van der Waals surface area contributed by atoms with Gasteiger partial charge in [-0.1, -0.05) is 18.2 Å². The van der Waals surface area contributed by atoms with Gasteiger partial charge in [-0.05, 0) is 49.7 Å². The zero-order chi connectivity index (χ0) is 25.1. The van der Waals surface area contributed by atoms with Gasteiger partial charge in [-0.3, -0.25) is 9.59 Å². The van der Waals surface area contributed by atoms with Crippen LogP contribution in [0.2, 0.25) is 0 Å². The fourth-order valence-corrected chi connectivity index (χ4v) is 5.20. The molecule has 8 nitrogen and oxygen atoms in total. The second-order valence-corrected chi connectivity index (χ2v) is 8.83. The predicted molar refractivity (Wildman–Crippen MR) is 125 cm³/mol. The van der Waals surface area contributed by atoms with E-state index in [0.717, 1.165) is 11.0 Å². The average Bonchev–Trinajstić information content (AvgIpc) is 3.35. The highest BCUT2D eigenvalue weighted by atomic mass is 19.3. The summed E-state index contributed by atoms with van der Waals surface area (Å²) >= 11 is 0. The summed E-state index contributed by atoms with van der Waals surface area (Å²) in [5.41, 5.74) is 2.71. The Bertz CT molecular complexity index is 1550. The first-order valence-electron chi connectivity index (χ1n) is 11.4. The lowest BCUT2D eigenvalue weighted by molar-refractivity contribution is -0.0495. The Balaban J connectivity index is 1.65. The van der Waals surface area contributed by atoms with Gasteiger partial charge in [0.2, 0.25) is 5.78 Å². The molecule has 2 aliphatic heterocycles. The van der Waals surface area contributed by atoms with Crippen LogP contribution in [0.3, 0.4) is 0 Å². The number of carbonyl (C=O) groups is 2. The van der Waals surface area contributed by atoms with E-state index in [-0.39, 0.29) is 34.6 Å². The van der Waals surface area contributed by atoms with Gasteiger partial charge in [-0.15, -0.1) is 0 Å². The van der Waals surface area contributed by atoms with E-state index < -0.39 is 24.5 Å². The van der Waals surface area contributed by atoms with Crippen LogP contribution in [-0.4, -0.2) is 44.0 Å². The number of aliphatic hydroxyl groups excluding tert-OH is 1. The molecule has 4 aromatic rings. The minimum Gasteiger partial charge on any atom is -0.434 e. The number of fused-ring (bicyclic) bond motifs is 9. The molecule has 2 aromatic heterocycles. The van der Waals surface area contributed by atoms with E-state index in [2.05, 4.69) is 10.3 Å². The quantitative estimate of drug-likeness (QED) is 0.409.